The van der Waals surface area contributed by atoms with E-state index in [1.165, 1.54) is 6.21 Å². The number of nitrogens with one attached hydrogen (secondary N) is 1. The Balaban J connectivity index is 3.09. The van der Waals surface area contributed by atoms with Gasteiger partial charge in [0.15, 0.2) is 0 Å². The number of allylic oxidation sites excluding steroid dienone is 1. The van der Waals surface area contributed by atoms with Gasteiger partial charge in [-0.25, -0.2) is 0 Å². The molecule has 0 aliphatic rings. The van der Waals surface area contributed by atoms with E-state index >= 15 is 0 Å². The molecule has 0 aromatic rings. The van der Waals surface area contributed by atoms with Gasteiger partial charge in [0.2, 0.25) is 0 Å². The highest BCUT2D eigenvalue weighted by Gasteiger charge is 1.55. The molecule has 3 nitrogen and oxygen atoms in total. The molecular weight excluding hydrogens is 90.1 g/mol. The normalized spacial score (nSPS) is 11.0. The van der Waals surface area contributed by atoms with Crippen molar-refractivity contribution in [3.8, 4) is 0 Å². The average Bonchev–Trinajstić information content (AvgIpc) is 1.69. The van der Waals surface area contributed by atoms with Crippen LogP contribution in [0.2, 0.25) is 0 Å². The summed E-state index contributed by atoms with van der Waals surface area (Å²) in [6, 6.07) is 0. The highest BCUT2D eigenvalue weighted by Crippen LogP contribution is 1.55. The van der Waals surface area contributed by atoms with Gasteiger partial charge in [-0.15, -0.1) is 0 Å². The maximum atomic E-state index is 4.76. The Morgan fingerprint density at radius 1 is 1.71 bits per heavy atom. The van der Waals surface area contributed by atoms with Crippen molar-refractivity contribution in [2.24, 2.45) is 10.9 Å². The van der Waals surface area contributed by atoms with E-state index in [1.807, 2.05) is 0 Å². The van der Waals surface area contributed by atoms with Crippen LogP contribution in [-0.4, -0.2) is 13.3 Å². The van der Waals surface area contributed by atoms with Crippen molar-refractivity contribution >= 4 is 6.21 Å². The zero-order valence-electron chi connectivity index (χ0n) is 4.26. The Labute approximate surface area is 42.9 Å². The molecule has 7 heavy (non-hydrogen) atoms. The molecule has 0 aliphatic heterocycles. The van der Waals surface area contributed by atoms with Crippen molar-refractivity contribution in [1.82, 2.24) is 5.32 Å². The molecule has 0 saturated heterocycles. The third-order valence-corrected chi connectivity index (χ3v) is 0.435. The molecule has 0 unspecified atom stereocenters. The summed E-state index contributed by atoms with van der Waals surface area (Å²) in [5, 5.41) is 6.00. The van der Waals surface area contributed by atoms with E-state index in [9.17, 15) is 0 Å². The standard InChI is InChI=1S/C4H9N3/c1-6-3-2-4-7-5/h2-4,6H,5H2,1H3/b3-2-,7-4-. The molecule has 0 fully saturated rings. The van der Waals surface area contributed by atoms with E-state index in [4.69, 9.17) is 5.84 Å². The van der Waals surface area contributed by atoms with Crippen LogP contribution in [0, 0.1) is 0 Å². The maximum Gasteiger partial charge on any atom is 0.0479 e. The minimum Gasteiger partial charge on any atom is -0.394 e. The fourth-order valence-electron chi connectivity index (χ4n) is 0.189. The lowest BCUT2D eigenvalue weighted by atomic mass is 10.7. The first-order chi connectivity index (χ1) is 3.41. The largest absolute Gasteiger partial charge is 0.394 e. The Bertz CT molecular complexity index is 75.0. The van der Waals surface area contributed by atoms with E-state index in [2.05, 4.69) is 10.4 Å². The van der Waals surface area contributed by atoms with Crippen LogP contribution in [0.5, 0.6) is 0 Å². The highest BCUT2D eigenvalue weighted by atomic mass is 15.1. The van der Waals surface area contributed by atoms with Crippen molar-refractivity contribution in [3.63, 3.8) is 0 Å². The van der Waals surface area contributed by atoms with Crippen molar-refractivity contribution in [1.29, 1.82) is 0 Å². The van der Waals surface area contributed by atoms with Gasteiger partial charge in [-0.05, 0) is 12.3 Å². The van der Waals surface area contributed by atoms with Gasteiger partial charge in [-0.1, -0.05) is 0 Å². The lowest BCUT2D eigenvalue weighted by Gasteiger charge is -1.77. The number of hydrogen-bond donors (Lipinski definition) is 2. The number of nitrogens with zero attached hydrogens (tertiary/aromatic N) is 1. The van der Waals surface area contributed by atoms with Gasteiger partial charge in [-0.3, -0.25) is 0 Å². The molecule has 40 valence electrons. The molecule has 0 atom stereocenters. The Kier molecular flexibility index (Phi) is 4.30. The summed E-state index contributed by atoms with van der Waals surface area (Å²) in [5.74, 6) is 4.76. The second kappa shape index (κ2) is 5.01. The molecule has 0 aromatic heterocycles. The van der Waals surface area contributed by atoms with Gasteiger partial charge in [0.25, 0.3) is 0 Å². The van der Waals surface area contributed by atoms with Crippen LogP contribution < -0.4 is 11.2 Å². The lowest BCUT2D eigenvalue weighted by Crippen LogP contribution is -1.91. The Hall–Kier alpha value is -0.990. The predicted octanol–water partition coefficient (Wildman–Crippen LogP) is -0.336. The number of hydrazone groups is 1. The zero-order chi connectivity index (χ0) is 5.54. The van der Waals surface area contributed by atoms with E-state index in [-0.39, 0.29) is 0 Å². The monoisotopic (exact) mass is 99.1 g/mol. The summed E-state index contributed by atoms with van der Waals surface area (Å²) >= 11 is 0. The molecule has 0 aliphatic carbocycles. The van der Waals surface area contributed by atoms with Crippen molar-refractivity contribution < 1.29 is 0 Å². The molecule has 3 heteroatoms. The molecular formula is C4H9N3. The first-order valence-corrected chi connectivity index (χ1v) is 1.97. The van der Waals surface area contributed by atoms with Gasteiger partial charge in [0.05, 0.1) is 0 Å². The SMILES string of the molecule is CN/C=C\C=N/N. The molecule has 3 N–H and O–H groups in total. The number of hydrogen-bond acceptors (Lipinski definition) is 3. The fourth-order valence-corrected chi connectivity index (χ4v) is 0.189. The summed E-state index contributed by atoms with van der Waals surface area (Å²) in [6.45, 7) is 0. The van der Waals surface area contributed by atoms with Crippen molar-refractivity contribution in [3.05, 3.63) is 12.3 Å². The molecule has 0 spiro atoms. The lowest BCUT2D eigenvalue weighted by molar-refractivity contribution is 1.10. The summed E-state index contributed by atoms with van der Waals surface area (Å²) in [7, 11) is 1.81. The van der Waals surface area contributed by atoms with Crippen LogP contribution in [0.4, 0.5) is 0 Å². The van der Waals surface area contributed by atoms with Crippen LogP contribution >= 0.6 is 0 Å². The van der Waals surface area contributed by atoms with E-state index in [0.717, 1.165) is 0 Å². The van der Waals surface area contributed by atoms with Crippen LogP contribution in [-0.2, 0) is 0 Å². The third kappa shape index (κ3) is 5.01. The van der Waals surface area contributed by atoms with E-state index in [0.29, 0.717) is 0 Å². The Morgan fingerprint density at radius 2 is 2.43 bits per heavy atom. The minimum absolute atomic E-state index is 1.50. The first kappa shape index (κ1) is 6.01. The van der Waals surface area contributed by atoms with Crippen LogP contribution in [0.15, 0.2) is 17.4 Å². The first-order valence-electron chi connectivity index (χ1n) is 1.97. The summed E-state index contributed by atoms with van der Waals surface area (Å²) < 4.78 is 0. The van der Waals surface area contributed by atoms with Gasteiger partial charge >= 0.3 is 0 Å². The van der Waals surface area contributed by atoms with Crippen LogP contribution in [0.1, 0.15) is 0 Å². The highest BCUT2D eigenvalue weighted by molar-refractivity contribution is 5.70. The summed E-state index contributed by atoms with van der Waals surface area (Å²) in [4.78, 5) is 0. The molecule has 0 radical (unpaired) electrons. The van der Waals surface area contributed by atoms with E-state index < -0.39 is 0 Å². The number of nitrogens with two attached hydrogens (primary N) is 1. The second-order valence-electron chi connectivity index (χ2n) is 0.946. The van der Waals surface area contributed by atoms with Crippen LogP contribution in [0.25, 0.3) is 0 Å². The average molecular weight is 99.1 g/mol. The summed E-state index contributed by atoms with van der Waals surface area (Å²) in [5.41, 5.74) is 0. The second-order valence-corrected chi connectivity index (χ2v) is 0.946. The fraction of sp³-hybridized carbons (Fsp3) is 0.250. The van der Waals surface area contributed by atoms with Gasteiger partial charge in [0, 0.05) is 13.3 Å². The quantitative estimate of drug-likeness (QED) is 0.283. The molecule has 0 amide bonds. The third-order valence-electron chi connectivity index (χ3n) is 0.435. The molecule has 0 aromatic carbocycles. The minimum atomic E-state index is 1.50. The maximum absolute atomic E-state index is 4.76. The molecule has 0 rings (SSSR count). The molecule has 0 heterocycles. The summed E-state index contributed by atoms with van der Waals surface area (Å²) in [6.07, 6.45) is 4.94. The van der Waals surface area contributed by atoms with Gasteiger partial charge < -0.3 is 11.2 Å². The van der Waals surface area contributed by atoms with Crippen molar-refractivity contribution in [2.45, 2.75) is 0 Å². The molecule has 0 bridgehead atoms. The predicted molar refractivity (Wildman–Crippen MR) is 30.9 cm³/mol. The molecule has 0 saturated carbocycles. The van der Waals surface area contributed by atoms with Gasteiger partial charge in [-0.2, -0.15) is 5.10 Å². The van der Waals surface area contributed by atoms with Crippen LogP contribution in [0.3, 0.4) is 0 Å². The topological polar surface area (TPSA) is 50.4 Å². The smallest absolute Gasteiger partial charge is 0.0479 e. The van der Waals surface area contributed by atoms with Gasteiger partial charge in [0.1, 0.15) is 0 Å². The van der Waals surface area contributed by atoms with E-state index in [1.54, 1.807) is 19.3 Å². The number of rotatable bonds is 2. The Morgan fingerprint density at radius 3 is 2.86 bits per heavy atom. The zero-order valence-corrected chi connectivity index (χ0v) is 4.26. The van der Waals surface area contributed by atoms with Crippen molar-refractivity contribution in [2.75, 3.05) is 7.05 Å².